The highest BCUT2D eigenvalue weighted by atomic mass is 32.1. The van der Waals surface area contributed by atoms with Gasteiger partial charge in [0.05, 0.1) is 9.88 Å². The molecule has 5 heteroatoms. The molecule has 0 spiro atoms. The second kappa shape index (κ2) is 6.54. The maximum Gasteiger partial charge on any atom is 0.264 e. The van der Waals surface area contributed by atoms with Crippen molar-refractivity contribution in [3.63, 3.8) is 0 Å². The molecule has 1 aliphatic carbocycles. The Morgan fingerprint density at radius 3 is 2.65 bits per heavy atom. The average molecular weight is 328 g/mol. The lowest BCUT2D eigenvalue weighted by Gasteiger charge is -2.17. The lowest BCUT2D eigenvalue weighted by Crippen LogP contribution is -2.25. The van der Waals surface area contributed by atoms with Crippen molar-refractivity contribution >= 4 is 28.2 Å². The van der Waals surface area contributed by atoms with Gasteiger partial charge in [-0.05, 0) is 43.0 Å². The molecule has 0 bridgehead atoms. The molecule has 1 aliphatic rings. The molecule has 1 N–H and O–H groups in total. The molecule has 23 heavy (non-hydrogen) atoms. The van der Waals surface area contributed by atoms with E-state index >= 15 is 0 Å². The van der Waals surface area contributed by atoms with Crippen molar-refractivity contribution in [2.75, 3.05) is 12.4 Å². The summed E-state index contributed by atoms with van der Waals surface area (Å²) in [7, 11) is 1.80. The zero-order valence-electron chi connectivity index (χ0n) is 13.3. The molecule has 1 aromatic heterocycles. The van der Waals surface area contributed by atoms with E-state index in [1.807, 2.05) is 31.2 Å². The second-order valence-electron chi connectivity index (χ2n) is 6.02. The summed E-state index contributed by atoms with van der Waals surface area (Å²) in [6.45, 7) is 2.62. The number of carbonyl (C=O) groups excluding carboxylic acids is 2. The highest BCUT2D eigenvalue weighted by Crippen LogP contribution is 2.31. The largest absolute Gasteiger partial charge is 0.337 e. The number of nitrogens with zero attached hydrogens (tertiary/aromatic N) is 1. The Bertz CT molecular complexity index is 734. The number of thiophene rings is 1. The fraction of sp³-hybridized carbons (Fsp3) is 0.333. The maximum absolute atomic E-state index is 12.5. The first-order valence-electron chi connectivity index (χ1n) is 7.75. The Morgan fingerprint density at radius 2 is 1.96 bits per heavy atom. The molecule has 0 unspecified atom stereocenters. The number of anilines is 1. The molecule has 2 amide bonds. The normalized spacial score (nSPS) is 13.7. The van der Waals surface area contributed by atoms with Crippen molar-refractivity contribution in [2.24, 2.45) is 5.92 Å². The monoisotopic (exact) mass is 328 g/mol. The third-order valence-corrected chi connectivity index (χ3v) is 5.02. The first-order valence-corrected chi connectivity index (χ1v) is 8.57. The van der Waals surface area contributed by atoms with Gasteiger partial charge in [-0.15, -0.1) is 11.3 Å². The van der Waals surface area contributed by atoms with Crippen molar-refractivity contribution in [1.82, 2.24) is 4.90 Å². The fourth-order valence-electron chi connectivity index (χ4n) is 2.39. The third-order valence-electron chi connectivity index (χ3n) is 4.03. The van der Waals surface area contributed by atoms with Gasteiger partial charge in [0.25, 0.3) is 5.91 Å². The maximum atomic E-state index is 12.5. The lowest BCUT2D eigenvalue weighted by atomic mass is 10.1. The summed E-state index contributed by atoms with van der Waals surface area (Å²) < 4.78 is 0. The van der Waals surface area contributed by atoms with Gasteiger partial charge in [-0.2, -0.15) is 0 Å². The molecule has 3 rings (SSSR count). The highest BCUT2D eigenvalue weighted by molar-refractivity contribution is 7.18. The molecule has 0 radical (unpaired) electrons. The van der Waals surface area contributed by atoms with E-state index in [2.05, 4.69) is 5.32 Å². The Kier molecular flexibility index (Phi) is 4.48. The molecule has 0 atom stereocenters. The SMILES string of the molecule is Cc1ccccc1CN(C)C(=O)c1ccc(NC(=O)C2CC2)s1. The molecule has 1 heterocycles. The van der Waals surface area contributed by atoms with Crippen molar-refractivity contribution in [1.29, 1.82) is 0 Å². The van der Waals surface area contributed by atoms with Crippen molar-refractivity contribution < 1.29 is 9.59 Å². The zero-order chi connectivity index (χ0) is 16.4. The van der Waals surface area contributed by atoms with E-state index < -0.39 is 0 Å². The van der Waals surface area contributed by atoms with Crippen LogP contribution >= 0.6 is 11.3 Å². The van der Waals surface area contributed by atoms with Crippen LogP contribution in [0.3, 0.4) is 0 Å². The minimum Gasteiger partial charge on any atom is -0.337 e. The summed E-state index contributed by atoms with van der Waals surface area (Å²) in [6, 6.07) is 11.6. The van der Waals surface area contributed by atoms with Gasteiger partial charge in [0, 0.05) is 19.5 Å². The quantitative estimate of drug-likeness (QED) is 0.910. The van der Waals surface area contributed by atoms with Crippen molar-refractivity contribution in [3.8, 4) is 0 Å². The summed E-state index contributed by atoms with van der Waals surface area (Å²) in [5.41, 5.74) is 2.32. The van der Waals surface area contributed by atoms with Crippen LogP contribution in [0.2, 0.25) is 0 Å². The number of nitrogens with one attached hydrogen (secondary N) is 1. The minimum absolute atomic E-state index is 0.0230. The van der Waals surface area contributed by atoms with Crippen molar-refractivity contribution in [2.45, 2.75) is 26.3 Å². The van der Waals surface area contributed by atoms with Crippen LogP contribution < -0.4 is 5.32 Å². The summed E-state index contributed by atoms with van der Waals surface area (Å²) >= 11 is 1.33. The first-order chi connectivity index (χ1) is 11.0. The first kappa shape index (κ1) is 15.7. The van der Waals surface area contributed by atoms with Crippen LogP contribution in [-0.2, 0) is 11.3 Å². The van der Waals surface area contributed by atoms with Gasteiger partial charge in [-0.3, -0.25) is 9.59 Å². The summed E-state index contributed by atoms with van der Waals surface area (Å²) in [5, 5.41) is 3.63. The molecule has 0 aliphatic heterocycles. The van der Waals surface area contributed by atoms with E-state index in [9.17, 15) is 9.59 Å². The van der Waals surface area contributed by atoms with E-state index in [0.29, 0.717) is 11.4 Å². The predicted octanol–water partition coefficient (Wildman–Crippen LogP) is 3.68. The molecule has 120 valence electrons. The van der Waals surface area contributed by atoms with E-state index in [4.69, 9.17) is 0 Å². The van der Waals surface area contributed by atoms with E-state index in [-0.39, 0.29) is 17.7 Å². The van der Waals surface area contributed by atoms with Gasteiger partial charge >= 0.3 is 0 Å². The summed E-state index contributed by atoms with van der Waals surface area (Å²) in [5.74, 6) is 0.212. The molecule has 4 nitrogen and oxygen atoms in total. The number of aryl methyl sites for hydroxylation is 1. The molecule has 1 saturated carbocycles. The molecule has 0 saturated heterocycles. The van der Waals surface area contributed by atoms with Crippen LogP contribution in [0, 0.1) is 12.8 Å². The molecule has 2 aromatic rings. The van der Waals surface area contributed by atoms with Gasteiger partial charge in [-0.1, -0.05) is 24.3 Å². The Labute approximate surface area is 140 Å². The summed E-state index contributed by atoms with van der Waals surface area (Å²) in [6.07, 6.45) is 1.95. The fourth-order valence-corrected chi connectivity index (χ4v) is 3.30. The second-order valence-corrected chi connectivity index (χ2v) is 7.10. The Balaban J connectivity index is 1.64. The zero-order valence-corrected chi connectivity index (χ0v) is 14.2. The lowest BCUT2D eigenvalue weighted by molar-refractivity contribution is -0.117. The van der Waals surface area contributed by atoms with Crippen LogP contribution in [0.25, 0.3) is 0 Å². The molecule has 1 fully saturated rings. The Hall–Kier alpha value is -2.14. The van der Waals surface area contributed by atoms with Gasteiger partial charge in [0.15, 0.2) is 0 Å². The third kappa shape index (κ3) is 3.79. The van der Waals surface area contributed by atoms with Crippen molar-refractivity contribution in [3.05, 3.63) is 52.4 Å². The number of hydrogen-bond acceptors (Lipinski definition) is 3. The molecular weight excluding hydrogens is 308 g/mol. The van der Waals surface area contributed by atoms with E-state index in [1.165, 1.54) is 16.9 Å². The predicted molar refractivity (Wildman–Crippen MR) is 92.6 cm³/mol. The minimum atomic E-state index is -0.0230. The highest BCUT2D eigenvalue weighted by Gasteiger charge is 2.30. The standard InChI is InChI=1S/C18H20N2O2S/c1-12-5-3-4-6-14(12)11-20(2)18(22)15-9-10-16(23-15)19-17(21)13-7-8-13/h3-6,9-10,13H,7-8,11H2,1-2H3,(H,19,21). The van der Waals surface area contributed by atoms with Gasteiger partial charge in [0.1, 0.15) is 0 Å². The summed E-state index contributed by atoms with van der Waals surface area (Å²) in [4.78, 5) is 26.7. The van der Waals surface area contributed by atoms with Crippen LogP contribution in [0.4, 0.5) is 5.00 Å². The van der Waals surface area contributed by atoms with Crippen LogP contribution in [0.15, 0.2) is 36.4 Å². The van der Waals surface area contributed by atoms with Gasteiger partial charge in [0.2, 0.25) is 5.91 Å². The number of rotatable bonds is 5. The van der Waals surface area contributed by atoms with Gasteiger partial charge < -0.3 is 10.2 Å². The van der Waals surface area contributed by atoms with Gasteiger partial charge in [-0.25, -0.2) is 0 Å². The number of hydrogen-bond donors (Lipinski definition) is 1. The van der Waals surface area contributed by atoms with Crippen LogP contribution in [-0.4, -0.2) is 23.8 Å². The van der Waals surface area contributed by atoms with E-state index in [1.54, 1.807) is 24.1 Å². The molecular formula is C18H20N2O2S. The molecule has 1 aromatic carbocycles. The number of carbonyl (C=O) groups is 2. The average Bonchev–Trinajstić information content (AvgIpc) is 3.29. The topological polar surface area (TPSA) is 49.4 Å². The Morgan fingerprint density at radius 1 is 1.22 bits per heavy atom. The van der Waals surface area contributed by atoms with E-state index in [0.717, 1.165) is 23.4 Å². The smallest absolute Gasteiger partial charge is 0.264 e. The van der Waals surface area contributed by atoms with Crippen LogP contribution in [0.5, 0.6) is 0 Å². The van der Waals surface area contributed by atoms with Crippen LogP contribution in [0.1, 0.15) is 33.6 Å². The number of benzene rings is 1. The number of amides is 2.